The Morgan fingerprint density at radius 3 is 2.32 bits per heavy atom. The third-order valence-electron chi connectivity index (χ3n) is 4.57. The number of hydrogen-bond donors (Lipinski definition) is 0. The zero-order valence-corrected chi connectivity index (χ0v) is 12.8. The summed E-state index contributed by atoms with van der Waals surface area (Å²) in [7, 11) is 0. The van der Waals surface area contributed by atoms with Gasteiger partial charge >= 0.3 is 0 Å². The number of carbonyl (C=O) groups excluding carboxylic acids is 1. The maximum absolute atomic E-state index is 12.8. The third kappa shape index (κ3) is 3.79. The second-order valence-corrected chi connectivity index (χ2v) is 7.07. The van der Waals surface area contributed by atoms with Crippen LogP contribution in [0.3, 0.4) is 0 Å². The number of ether oxygens (including phenoxy) is 1. The average molecular weight is 267 g/mol. The molecule has 2 unspecified atom stereocenters. The first-order chi connectivity index (χ1) is 9.00. The molecule has 3 nitrogen and oxygen atoms in total. The van der Waals surface area contributed by atoms with E-state index >= 15 is 0 Å². The lowest BCUT2D eigenvalue weighted by molar-refractivity contribution is -0.134. The third-order valence-corrected chi connectivity index (χ3v) is 4.57. The van der Waals surface area contributed by atoms with Crippen LogP contribution in [0.4, 0.5) is 0 Å². The Labute approximate surface area is 117 Å². The molecule has 1 saturated heterocycles. The average Bonchev–Trinajstić information content (AvgIpc) is 2.63. The number of rotatable bonds is 2. The molecule has 1 heterocycles. The van der Waals surface area contributed by atoms with Gasteiger partial charge < -0.3 is 4.74 Å². The molecule has 2 aliphatic rings. The maximum atomic E-state index is 12.8. The van der Waals surface area contributed by atoms with Crippen molar-refractivity contribution in [3.05, 3.63) is 0 Å². The molecule has 0 spiro atoms. The molecule has 19 heavy (non-hydrogen) atoms. The number of ketones is 1. The van der Waals surface area contributed by atoms with Gasteiger partial charge in [-0.2, -0.15) is 0 Å². The van der Waals surface area contributed by atoms with Crippen molar-refractivity contribution in [1.29, 1.82) is 0 Å². The van der Waals surface area contributed by atoms with Crippen LogP contribution < -0.4 is 0 Å². The van der Waals surface area contributed by atoms with Gasteiger partial charge in [-0.25, -0.2) is 0 Å². The Hall–Kier alpha value is -0.410. The van der Waals surface area contributed by atoms with Gasteiger partial charge in [0.2, 0.25) is 0 Å². The lowest BCUT2D eigenvalue weighted by atomic mass is 9.77. The van der Waals surface area contributed by atoms with E-state index in [4.69, 9.17) is 4.74 Å². The molecule has 1 aliphatic heterocycles. The van der Waals surface area contributed by atoms with Crippen molar-refractivity contribution in [2.24, 2.45) is 11.3 Å². The summed E-state index contributed by atoms with van der Waals surface area (Å²) in [6.07, 6.45) is 6.04. The molecule has 0 radical (unpaired) electrons. The highest BCUT2D eigenvalue weighted by molar-refractivity contribution is 5.86. The van der Waals surface area contributed by atoms with E-state index in [1.807, 2.05) is 0 Å². The van der Waals surface area contributed by atoms with Crippen LogP contribution in [0, 0.1) is 11.3 Å². The normalized spacial score (nSPS) is 30.9. The van der Waals surface area contributed by atoms with Crippen molar-refractivity contribution in [2.45, 2.75) is 58.9 Å². The van der Waals surface area contributed by atoms with Crippen LogP contribution in [0.1, 0.15) is 52.9 Å². The van der Waals surface area contributed by atoms with Gasteiger partial charge in [0.15, 0.2) is 0 Å². The fraction of sp³-hybridized carbons (Fsp3) is 0.938. The molecule has 0 bridgehead atoms. The summed E-state index contributed by atoms with van der Waals surface area (Å²) in [5.41, 5.74) is -0.209. The molecular formula is C16H29NO2. The first kappa shape index (κ1) is 15.0. The van der Waals surface area contributed by atoms with E-state index in [0.29, 0.717) is 11.8 Å². The second-order valence-electron chi connectivity index (χ2n) is 7.07. The van der Waals surface area contributed by atoms with Gasteiger partial charge in [0.05, 0.1) is 13.2 Å². The fourth-order valence-corrected chi connectivity index (χ4v) is 3.50. The molecule has 2 fully saturated rings. The zero-order chi connectivity index (χ0) is 13.9. The number of morpholine rings is 1. The molecule has 1 aliphatic carbocycles. The standard InChI is InChI=1S/C16H29NO2/c1-16(2,3)15(18)13-7-5-4-6-8-14(13)17-9-11-19-12-10-17/h13-14H,4-12H2,1-3H3. The van der Waals surface area contributed by atoms with Crippen LogP contribution >= 0.6 is 0 Å². The van der Waals surface area contributed by atoms with Crippen LogP contribution in [-0.2, 0) is 9.53 Å². The molecule has 3 heteroatoms. The predicted molar refractivity (Wildman–Crippen MR) is 77.2 cm³/mol. The van der Waals surface area contributed by atoms with Crippen LogP contribution in [0.15, 0.2) is 0 Å². The molecule has 110 valence electrons. The Kier molecular flexibility index (Phi) is 5.02. The van der Waals surface area contributed by atoms with Gasteiger partial charge in [0.25, 0.3) is 0 Å². The molecule has 0 aromatic heterocycles. The minimum absolute atomic E-state index is 0.209. The Morgan fingerprint density at radius 2 is 1.68 bits per heavy atom. The van der Waals surface area contributed by atoms with Crippen LogP contribution in [-0.4, -0.2) is 43.0 Å². The number of Topliss-reactive ketones (excluding diaryl/α,β-unsaturated/α-hetero) is 1. The summed E-state index contributed by atoms with van der Waals surface area (Å²) in [4.78, 5) is 15.3. The van der Waals surface area contributed by atoms with Gasteiger partial charge in [-0.3, -0.25) is 9.69 Å². The summed E-state index contributed by atoms with van der Waals surface area (Å²) < 4.78 is 5.46. The van der Waals surface area contributed by atoms with E-state index in [0.717, 1.165) is 32.7 Å². The fourth-order valence-electron chi connectivity index (χ4n) is 3.50. The lowest BCUT2D eigenvalue weighted by Gasteiger charge is -2.39. The number of hydrogen-bond acceptors (Lipinski definition) is 3. The molecule has 0 aromatic rings. The molecule has 1 saturated carbocycles. The summed E-state index contributed by atoms with van der Waals surface area (Å²) in [6.45, 7) is 9.85. The van der Waals surface area contributed by atoms with E-state index in [1.54, 1.807) is 0 Å². The minimum atomic E-state index is -0.209. The van der Waals surface area contributed by atoms with Crippen LogP contribution in [0.5, 0.6) is 0 Å². The zero-order valence-electron chi connectivity index (χ0n) is 12.8. The minimum Gasteiger partial charge on any atom is -0.379 e. The number of nitrogens with zero attached hydrogens (tertiary/aromatic N) is 1. The topological polar surface area (TPSA) is 29.5 Å². The molecule has 0 amide bonds. The van der Waals surface area contributed by atoms with Crippen molar-refractivity contribution in [3.63, 3.8) is 0 Å². The summed E-state index contributed by atoms with van der Waals surface area (Å²) in [5.74, 6) is 0.700. The predicted octanol–water partition coefficient (Wildman–Crippen LogP) is 2.88. The molecule has 0 aromatic carbocycles. The summed E-state index contributed by atoms with van der Waals surface area (Å²) in [5, 5.41) is 0. The SMILES string of the molecule is CC(C)(C)C(=O)C1CCCCCC1N1CCOCC1. The van der Waals surface area contributed by atoms with Gasteiger partial charge in [-0.1, -0.05) is 40.0 Å². The second kappa shape index (κ2) is 6.36. The van der Waals surface area contributed by atoms with Crippen molar-refractivity contribution >= 4 is 5.78 Å². The maximum Gasteiger partial charge on any atom is 0.142 e. The van der Waals surface area contributed by atoms with Crippen molar-refractivity contribution in [1.82, 2.24) is 4.90 Å². The highest BCUT2D eigenvalue weighted by Gasteiger charge is 2.38. The van der Waals surface area contributed by atoms with Crippen molar-refractivity contribution in [3.8, 4) is 0 Å². The van der Waals surface area contributed by atoms with E-state index in [1.165, 1.54) is 25.7 Å². The summed E-state index contributed by atoms with van der Waals surface area (Å²) >= 11 is 0. The number of carbonyl (C=O) groups is 1. The van der Waals surface area contributed by atoms with Gasteiger partial charge in [-0.05, 0) is 12.8 Å². The molecular weight excluding hydrogens is 238 g/mol. The quantitative estimate of drug-likeness (QED) is 0.721. The van der Waals surface area contributed by atoms with E-state index in [9.17, 15) is 4.79 Å². The largest absolute Gasteiger partial charge is 0.379 e. The highest BCUT2D eigenvalue weighted by Crippen LogP contribution is 2.33. The van der Waals surface area contributed by atoms with Crippen LogP contribution in [0.25, 0.3) is 0 Å². The Bertz CT molecular complexity index is 302. The van der Waals surface area contributed by atoms with Gasteiger partial charge in [0.1, 0.15) is 5.78 Å². The van der Waals surface area contributed by atoms with Gasteiger partial charge in [0, 0.05) is 30.5 Å². The van der Waals surface area contributed by atoms with E-state index in [2.05, 4.69) is 25.7 Å². The Morgan fingerprint density at radius 1 is 1.05 bits per heavy atom. The monoisotopic (exact) mass is 267 g/mol. The van der Waals surface area contributed by atoms with Gasteiger partial charge in [-0.15, -0.1) is 0 Å². The molecule has 2 rings (SSSR count). The molecule has 0 N–H and O–H groups in total. The van der Waals surface area contributed by atoms with E-state index < -0.39 is 0 Å². The van der Waals surface area contributed by atoms with Crippen molar-refractivity contribution < 1.29 is 9.53 Å². The smallest absolute Gasteiger partial charge is 0.142 e. The summed E-state index contributed by atoms with van der Waals surface area (Å²) in [6, 6.07) is 0.457. The van der Waals surface area contributed by atoms with Crippen molar-refractivity contribution in [2.75, 3.05) is 26.3 Å². The first-order valence-corrected chi connectivity index (χ1v) is 7.86. The lowest BCUT2D eigenvalue weighted by Crippen LogP contribution is -2.50. The molecule has 2 atom stereocenters. The van der Waals surface area contributed by atoms with E-state index in [-0.39, 0.29) is 11.3 Å². The van der Waals surface area contributed by atoms with Crippen LogP contribution in [0.2, 0.25) is 0 Å². The Balaban J connectivity index is 2.12. The first-order valence-electron chi connectivity index (χ1n) is 7.86. The highest BCUT2D eigenvalue weighted by atomic mass is 16.5.